The van der Waals surface area contributed by atoms with Gasteiger partial charge in [-0.3, -0.25) is 4.79 Å². The van der Waals surface area contributed by atoms with E-state index < -0.39 is 7.12 Å². The van der Waals surface area contributed by atoms with Crippen molar-refractivity contribution in [2.45, 2.75) is 6.92 Å². The molecule has 0 saturated carbocycles. The molecule has 18 heavy (non-hydrogen) atoms. The van der Waals surface area contributed by atoms with Gasteiger partial charge in [0.2, 0.25) is 0 Å². The van der Waals surface area contributed by atoms with Crippen LogP contribution in [0.5, 0.6) is 0 Å². The molecule has 0 aliphatic heterocycles. The van der Waals surface area contributed by atoms with E-state index in [-0.39, 0.29) is 5.78 Å². The second-order valence-corrected chi connectivity index (χ2v) is 3.71. The van der Waals surface area contributed by atoms with Crippen LogP contribution in [0.3, 0.4) is 0 Å². The Labute approximate surface area is 107 Å². The zero-order valence-electron chi connectivity index (χ0n) is 10.2. The Hall–Kier alpha value is -1.91. The van der Waals surface area contributed by atoms with Crippen molar-refractivity contribution in [3.05, 3.63) is 66.2 Å². The van der Waals surface area contributed by atoms with E-state index in [0.29, 0.717) is 5.46 Å². The standard InChI is InChI=1S/C8H8O.C6H7BO2/c1-7(9)8-5-3-2-4-6-8;8-7(9)6-4-2-1-3-5-6/h2-6H,1H3;1-5,8-9H. The van der Waals surface area contributed by atoms with Gasteiger partial charge in [0.05, 0.1) is 0 Å². The molecule has 0 fully saturated rings. The molecule has 0 spiro atoms. The molecule has 0 amide bonds. The van der Waals surface area contributed by atoms with Gasteiger partial charge in [-0.15, -0.1) is 0 Å². The highest BCUT2D eigenvalue weighted by Gasteiger charge is 2.07. The Kier molecular flexibility index (Phi) is 5.84. The van der Waals surface area contributed by atoms with Crippen LogP contribution in [0, 0.1) is 0 Å². The molecule has 0 atom stereocenters. The third-order valence-electron chi connectivity index (χ3n) is 2.28. The van der Waals surface area contributed by atoms with E-state index in [2.05, 4.69) is 0 Å². The maximum atomic E-state index is 10.6. The predicted octanol–water partition coefficient (Wildman–Crippen LogP) is 1.26. The van der Waals surface area contributed by atoms with Gasteiger partial charge in [-0.25, -0.2) is 0 Å². The van der Waals surface area contributed by atoms with Crippen LogP contribution in [0.4, 0.5) is 0 Å². The largest absolute Gasteiger partial charge is 0.488 e. The Balaban J connectivity index is 0.000000180. The number of hydrogen-bond acceptors (Lipinski definition) is 3. The van der Waals surface area contributed by atoms with Gasteiger partial charge in [0.25, 0.3) is 0 Å². The fourth-order valence-electron chi connectivity index (χ4n) is 1.30. The van der Waals surface area contributed by atoms with Crippen molar-refractivity contribution in [1.82, 2.24) is 0 Å². The zero-order valence-corrected chi connectivity index (χ0v) is 10.2. The van der Waals surface area contributed by atoms with Crippen LogP contribution in [0.15, 0.2) is 60.7 Å². The summed E-state index contributed by atoms with van der Waals surface area (Å²) in [5, 5.41) is 17.2. The van der Waals surface area contributed by atoms with Crippen molar-refractivity contribution >= 4 is 18.4 Å². The summed E-state index contributed by atoms with van der Waals surface area (Å²) in [5.41, 5.74) is 1.30. The average molecular weight is 242 g/mol. The van der Waals surface area contributed by atoms with Crippen molar-refractivity contribution in [1.29, 1.82) is 0 Å². The molecule has 4 heteroatoms. The number of benzene rings is 2. The molecule has 0 bridgehead atoms. The third kappa shape index (κ3) is 4.95. The van der Waals surface area contributed by atoms with E-state index >= 15 is 0 Å². The summed E-state index contributed by atoms with van der Waals surface area (Å²) in [6.45, 7) is 1.56. The molecule has 2 rings (SSSR count). The van der Waals surface area contributed by atoms with Gasteiger partial charge in [0.15, 0.2) is 5.78 Å². The highest BCUT2D eigenvalue weighted by atomic mass is 16.4. The number of hydrogen-bond donors (Lipinski definition) is 2. The van der Waals surface area contributed by atoms with Gasteiger partial charge in [-0.1, -0.05) is 60.7 Å². The van der Waals surface area contributed by atoms with Crippen molar-refractivity contribution in [2.24, 2.45) is 0 Å². The Morgan fingerprint density at radius 3 is 1.61 bits per heavy atom. The molecule has 2 N–H and O–H groups in total. The quantitative estimate of drug-likeness (QED) is 0.615. The molecule has 0 aromatic heterocycles. The van der Waals surface area contributed by atoms with E-state index in [9.17, 15) is 4.79 Å². The molecule has 3 nitrogen and oxygen atoms in total. The normalized spacial score (nSPS) is 9.06. The third-order valence-corrected chi connectivity index (χ3v) is 2.28. The Bertz CT molecular complexity index is 469. The van der Waals surface area contributed by atoms with Gasteiger partial charge in [-0.05, 0) is 12.4 Å². The summed E-state index contributed by atoms with van der Waals surface area (Å²) in [7, 11) is -1.34. The van der Waals surface area contributed by atoms with E-state index in [4.69, 9.17) is 10.0 Å². The first-order valence-electron chi connectivity index (χ1n) is 5.58. The highest BCUT2D eigenvalue weighted by molar-refractivity contribution is 6.58. The summed E-state index contributed by atoms with van der Waals surface area (Å²) >= 11 is 0. The van der Waals surface area contributed by atoms with Gasteiger partial charge in [0, 0.05) is 5.56 Å². The van der Waals surface area contributed by atoms with Crippen LogP contribution < -0.4 is 5.46 Å². The lowest BCUT2D eigenvalue weighted by atomic mass is 9.81. The average Bonchev–Trinajstić information content (AvgIpc) is 2.41. The number of carbonyl (C=O) groups excluding carboxylic acids is 1. The Morgan fingerprint density at radius 1 is 0.889 bits per heavy atom. The monoisotopic (exact) mass is 242 g/mol. The second-order valence-electron chi connectivity index (χ2n) is 3.71. The topological polar surface area (TPSA) is 57.5 Å². The summed E-state index contributed by atoms with van der Waals surface area (Å²) in [6.07, 6.45) is 0. The number of carbonyl (C=O) groups is 1. The molecule has 0 radical (unpaired) electrons. The predicted molar refractivity (Wildman–Crippen MR) is 72.7 cm³/mol. The van der Waals surface area contributed by atoms with Crippen molar-refractivity contribution in [2.75, 3.05) is 0 Å². The molecular weight excluding hydrogens is 227 g/mol. The molecule has 0 heterocycles. The first kappa shape index (κ1) is 14.2. The van der Waals surface area contributed by atoms with Crippen LogP contribution in [0.1, 0.15) is 17.3 Å². The summed E-state index contributed by atoms with van der Waals surface area (Å²) in [5.74, 6) is 0.121. The fourth-order valence-corrected chi connectivity index (χ4v) is 1.30. The van der Waals surface area contributed by atoms with E-state index in [1.807, 2.05) is 36.4 Å². The van der Waals surface area contributed by atoms with Crippen LogP contribution in [-0.4, -0.2) is 22.9 Å². The maximum Gasteiger partial charge on any atom is 0.488 e. The lowest BCUT2D eigenvalue weighted by Crippen LogP contribution is -2.29. The van der Waals surface area contributed by atoms with Gasteiger partial charge in [0.1, 0.15) is 0 Å². The summed E-state index contributed by atoms with van der Waals surface area (Å²) < 4.78 is 0. The van der Waals surface area contributed by atoms with Crippen LogP contribution in [0.25, 0.3) is 0 Å². The summed E-state index contributed by atoms with van der Waals surface area (Å²) in [4.78, 5) is 10.6. The van der Waals surface area contributed by atoms with Crippen molar-refractivity contribution < 1.29 is 14.8 Å². The first-order chi connectivity index (χ1) is 8.61. The number of ketones is 1. The molecule has 0 aliphatic rings. The van der Waals surface area contributed by atoms with Gasteiger partial charge < -0.3 is 10.0 Å². The molecule has 0 saturated heterocycles. The Morgan fingerprint density at radius 2 is 1.33 bits per heavy atom. The van der Waals surface area contributed by atoms with Gasteiger partial charge in [-0.2, -0.15) is 0 Å². The second kappa shape index (κ2) is 7.43. The minimum atomic E-state index is -1.34. The smallest absolute Gasteiger partial charge is 0.423 e. The van der Waals surface area contributed by atoms with E-state index in [1.165, 1.54) is 0 Å². The molecule has 0 aliphatic carbocycles. The zero-order chi connectivity index (χ0) is 13.4. The fraction of sp³-hybridized carbons (Fsp3) is 0.0714. The molecule has 92 valence electrons. The molecule has 2 aromatic carbocycles. The van der Waals surface area contributed by atoms with Crippen molar-refractivity contribution in [3.8, 4) is 0 Å². The lowest BCUT2D eigenvalue weighted by molar-refractivity contribution is 0.101. The molecule has 0 unspecified atom stereocenters. The summed E-state index contributed by atoms with van der Waals surface area (Å²) in [6, 6.07) is 17.9. The number of Topliss-reactive ketones (excluding diaryl/α,β-unsaturated/α-hetero) is 1. The van der Waals surface area contributed by atoms with E-state index in [0.717, 1.165) is 5.56 Å². The molecule has 2 aromatic rings. The van der Waals surface area contributed by atoms with Crippen LogP contribution in [0.2, 0.25) is 0 Å². The van der Waals surface area contributed by atoms with Crippen LogP contribution in [-0.2, 0) is 0 Å². The lowest BCUT2D eigenvalue weighted by Gasteiger charge is -1.94. The van der Waals surface area contributed by atoms with Crippen LogP contribution >= 0.6 is 0 Å². The highest BCUT2D eigenvalue weighted by Crippen LogP contribution is 1.97. The minimum Gasteiger partial charge on any atom is -0.423 e. The molecular formula is C14H15BO3. The van der Waals surface area contributed by atoms with Crippen molar-refractivity contribution in [3.63, 3.8) is 0 Å². The van der Waals surface area contributed by atoms with E-state index in [1.54, 1.807) is 31.2 Å². The number of rotatable bonds is 2. The SMILES string of the molecule is CC(=O)c1ccccc1.OB(O)c1ccccc1. The first-order valence-corrected chi connectivity index (χ1v) is 5.58. The maximum absolute atomic E-state index is 10.6. The minimum absolute atomic E-state index is 0.121. The van der Waals surface area contributed by atoms with Gasteiger partial charge >= 0.3 is 7.12 Å².